The maximum absolute atomic E-state index is 3.06. The molecule has 2 heteroatoms. The molecule has 0 saturated heterocycles. The summed E-state index contributed by atoms with van der Waals surface area (Å²) in [4.78, 5) is 0. The van der Waals surface area contributed by atoms with E-state index in [0.717, 1.165) is 0 Å². The lowest BCUT2D eigenvalue weighted by Crippen LogP contribution is -2.40. The van der Waals surface area contributed by atoms with Crippen molar-refractivity contribution in [3.05, 3.63) is 0 Å². The highest BCUT2D eigenvalue weighted by Crippen LogP contribution is 2.19. The van der Waals surface area contributed by atoms with Crippen LogP contribution in [0.2, 0.25) is 10.6 Å². The van der Waals surface area contributed by atoms with Gasteiger partial charge >= 0.3 is 14.4 Å². The Morgan fingerprint density at radius 1 is 0.393 bits per heavy atom. The summed E-state index contributed by atoms with van der Waals surface area (Å²) in [6, 6.07) is 0. The first-order chi connectivity index (χ1) is 13.8. The number of nitrogens with zero attached hydrogens (tertiary/aromatic N) is 1. The molecular weight excluding hydrogens is 353 g/mol. The Bertz CT molecular complexity index is 256. The molecule has 0 aliphatic carbocycles. The minimum Gasteiger partial charge on any atom is -0.385 e. The second-order valence-electron chi connectivity index (χ2n) is 9.22. The third kappa shape index (κ3) is 18.5. The quantitative estimate of drug-likeness (QED) is 0.120. The predicted octanol–water partition coefficient (Wildman–Crippen LogP) is 9.38. The van der Waals surface area contributed by atoms with E-state index in [9.17, 15) is 0 Å². The zero-order chi connectivity index (χ0) is 20.7. The van der Waals surface area contributed by atoms with Gasteiger partial charge in [0.1, 0.15) is 0 Å². The maximum atomic E-state index is 3.06. The molecule has 0 aliphatic rings. The monoisotopic (exact) mass is 409 g/mol. The molecular formula is C26H56AlN. The Labute approximate surface area is 185 Å². The van der Waals surface area contributed by atoms with Gasteiger partial charge in [0.2, 0.25) is 0 Å². The number of unbranched alkanes of at least 4 members (excludes halogenated alkanes) is 14. The van der Waals surface area contributed by atoms with Gasteiger partial charge in [-0.15, -0.1) is 0 Å². The van der Waals surface area contributed by atoms with Crippen LogP contribution >= 0.6 is 0 Å². The Kier molecular flexibility index (Phi) is 24.2. The standard InChI is InChI=1S/C10H22N.2C8H17.Al/c1-3-5-7-9-11-10-8-6-4-2;2*1-3-5-7-8-6-4-2;/h3-10H2,1-2H3;2*1,3-8H2,2H3;/q-1;;;+1. The molecule has 0 N–H and O–H groups in total. The van der Waals surface area contributed by atoms with Crippen LogP contribution in [0.5, 0.6) is 0 Å². The van der Waals surface area contributed by atoms with Gasteiger partial charge in [-0.2, -0.15) is 0 Å². The summed E-state index contributed by atoms with van der Waals surface area (Å²) >= 11 is -0.718. The Balaban J connectivity index is 4.45. The lowest BCUT2D eigenvalue weighted by Gasteiger charge is -2.29. The van der Waals surface area contributed by atoms with E-state index in [2.05, 4.69) is 31.6 Å². The molecule has 0 bridgehead atoms. The molecule has 0 unspecified atom stereocenters. The Morgan fingerprint density at radius 3 is 1.11 bits per heavy atom. The first-order valence-corrected chi connectivity index (χ1v) is 15.7. The van der Waals surface area contributed by atoms with E-state index in [-0.39, 0.29) is 0 Å². The average Bonchev–Trinajstić information content (AvgIpc) is 2.70. The second-order valence-corrected chi connectivity index (χ2v) is 12.4. The highest BCUT2D eigenvalue weighted by atomic mass is 27.2. The second kappa shape index (κ2) is 23.8. The third-order valence-corrected chi connectivity index (χ3v) is 10.1. The summed E-state index contributed by atoms with van der Waals surface area (Å²) in [6.45, 7) is 12.2. The average molecular weight is 410 g/mol. The predicted molar refractivity (Wildman–Crippen MR) is 133 cm³/mol. The summed E-state index contributed by atoms with van der Waals surface area (Å²) in [6.07, 6.45) is 26.1. The van der Waals surface area contributed by atoms with E-state index in [1.165, 1.54) is 129 Å². The van der Waals surface area contributed by atoms with Crippen LogP contribution in [-0.2, 0) is 0 Å². The van der Waals surface area contributed by atoms with Crippen LogP contribution in [0.25, 0.3) is 0 Å². The summed E-state index contributed by atoms with van der Waals surface area (Å²) in [7, 11) is 0. The van der Waals surface area contributed by atoms with E-state index < -0.39 is 14.4 Å². The summed E-state index contributed by atoms with van der Waals surface area (Å²) in [5.74, 6) is 0. The van der Waals surface area contributed by atoms with Gasteiger partial charge in [-0.3, -0.25) is 0 Å². The van der Waals surface area contributed by atoms with Crippen LogP contribution in [0, 0.1) is 0 Å². The molecule has 28 heavy (non-hydrogen) atoms. The highest BCUT2D eigenvalue weighted by molar-refractivity contribution is 6.55. The van der Waals surface area contributed by atoms with Gasteiger partial charge in [-0.05, 0) is 25.9 Å². The molecule has 0 saturated carbocycles. The minimum absolute atomic E-state index is 0.718. The molecule has 0 radical (unpaired) electrons. The van der Waals surface area contributed by atoms with Gasteiger partial charge in [0.05, 0.1) is 0 Å². The summed E-state index contributed by atoms with van der Waals surface area (Å²) in [5, 5.41) is 3.19. The van der Waals surface area contributed by atoms with Crippen molar-refractivity contribution in [3.63, 3.8) is 0 Å². The molecule has 0 aromatic rings. The van der Waals surface area contributed by atoms with Crippen LogP contribution in [0.4, 0.5) is 0 Å². The summed E-state index contributed by atoms with van der Waals surface area (Å²) in [5.41, 5.74) is 0. The van der Waals surface area contributed by atoms with Crippen molar-refractivity contribution in [1.82, 2.24) is 3.88 Å². The van der Waals surface area contributed by atoms with Crippen molar-refractivity contribution < 1.29 is 0 Å². The third-order valence-electron chi connectivity index (χ3n) is 6.40. The fraction of sp³-hybridized carbons (Fsp3) is 1.00. The molecule has 168 valence electrons. The van der Waals surface area contributed by atoms with Crippen molar-refractivity contribution in [1.29, 1.82) is 0 Å². The van der Waals surface area contributed by atoms with Crippen LogP contribution in [-0.4, -0.2) is 31.3 Å². The van der Waals surface area contributed by atoms with E-state index >= 15 is 0 Å². The van der Waals surface area contributed by atoms with E-state index in [4.69, 9.17) is 0 Å². The molecule has 0 aromatic carbocycles. The van der Waals surface area contributed by atoms with Crippen LogP contribution in [0.15, 0.2) is 0 Å². The number of rotatable bonds is 23. The van der Waals surface area contributed by atoms with Gasteiger partial charge in [0.25, 0.3) is 0 Å². The number of hydrogen-bond acceptors (Lipinski definition) is 1. The topological polar surface area (TPSA) is 3.24 Å². The smallest absolute Gasteiger partial charge is 0.372 e. The van der Waals surface area contributed by atoms with Gasteiger partial charge in [-0.1, -0.05) is 141 Å². The fourth-order valence-corrected chi connectivity index (χ4v) is 8.07. The lowest BCUT2D eigenvalue weighted by atomic mass is 10.1. The zero-order valence-electron chi connectivity index (χ0n) is 20.6. The minimum atomic E-state index is -0.718. The highest BCUT2D eigenvalue weighted by Gasteiger charge is 2.24. The van der Waals surface area contributed by atoms with Crippen molar-refractivity contribution in [2.75, 3.05) is 13.1 Å². The summed E-state index contributed by atoms with van der Waals surface area (Å²) < 4.78 is 3.06. The number of hydrogen-bond donors (Lipinski definition) is 0. The molecule has 0 aromatic heterocycles. The SMILES string of the molecule is CCCCCCC[CH2][Al]([CH2]CCCCCCC)[N](CCCCC)CCCCC. The fourth-order valence-electron chi connectivity index (χ4n) is 4.44. The van der Waals surface area contributed by atoms with Crippen LogP contribution in [0.1, 0.15) is 143 Å². The van der Waals surface area contributed by atoms with Crippen LogP contribution < -0.4 is 0 Å². The van der Waals surface area contributed by atoms with E-state index in [1.807, 2.05) is 0 Å². The van der Waals surface area contributed by atoms with Crippen LogP contribution in [0.3, 0.4) is 0 Å². The van der Waals surface area contributed by atoms with Crippen molar-refractivity contribution in [3.8, 4) is 0 Å². The Morgan fingerprint density at radius 2 is 0.714 bits per heavy atom. The van der Waals surface area contributed by atoms with Gasteiger partial charge < -0.3 is 3.88 Å². The molecule has 0 fully saturated rings. The normalized spacial score (nSPS) is 11.5. The van der Waals surface area contributed by atoms with E-state index in [0.29, 0.717) is 0 Å². The molecule has 0 aliphatic heterocycles. The lowest BCUT2D eigenvalue weighted by molar-refractivity contribution is 0.395. The molecule has 0 rings (SSSR count). The van der Waals surface area contributed by atoms with Gasteiger partial charge in [-0.25, -0.2) is 0 Å². The van der Waals surface area contributed by atoms with Crippen molar-refractivity contribution in [2.45, 2.75) is 154 Å². The molecule has 1 nitrogen and oxygen atoms in total. The molecule has 0 atom stereocenters. The van der Waals surface area contributed by atoms with Gasteiger partial charge in [0.15, 0.2) is 0 Å². The maximum Gasteiger partial charge on any atom is 0.372 e. The van der Waals surface area contributed by atoms with Crippen molar-refractivity contribution in [2.24, 2.45) is 0 Å². The van der Waals surface area contributed by atoms with Gasteiger partial charge in [0, 0.05) is 0 Å². The first kappa shape index (κ1) is 28.5. The molecule has 0 amide bonds. The first-order valence-electron chi connectivity index (χ1n) is 13.5. The Hall–Kier alpha value is 0.492. The molecule has 0 heterocycles. The zero-order valence-corrected chi connectivity index (χ0v) is 21.7. The van der Waals surface area contributed by atoms with E-state index in [1.54, 1.807) is 10.6 Å². The molecule has 0 spiro atoms. The van der Waals surface area contributed by atoms with Crippen molar-refractivity contribution >= 4 is 14.4 Å². The largest absolute Gasteiger partial charge is 0.385 e.